The summed E-state index contributed by atoms with van der Waals surface area (Å²) < 4.78 is 6.74. The van der Waals surface area contributed by atoms with E-state index in [-0.39, 0.29) is 0 Å². The molecule has 0 aliphatic rings. The average molecular weight is 198 g/mol. The van der Waals surface area contributed by atoms with Gasteiger partial charge in [0.2, 0.25) is 0 Å². The molecule has 0 saturated heterocycles. The number of aryl methyl sites for hydroxylation is 1. The van der Waals surface area contributed by atoms with Crippen LogP contribution >= 0.6 is 0 Å². The molecule has 0 amide bonds. The van der Waals surface area contributed by atoms with Crippen LogP contribution in [0.2, 0.25) is 0 Å². The normalized spacial score (nSPS) is 12.7. The van der Waals surface area contributed by atoms with E-state index in [9.17, 15) is 4.79 Å². The molecule has 0 saturated carbocycles. The highest BCUT2D eigenvalue weighted by molar-refractivity contribution is 5.72. The van der Waals surface area contributed by atoms with E-state index < -0.39 is 12.1 Å². The first kappa shape index (κ1) is 10.7. The molecule has 0 bridgehead atoms. The van der Waals surface area contributed by atoms with Crippen molar-refractivity contribution in [3.05, 3.63) is 18.2 Å². The fourth-order valence-corrected chi connectivity index (χ4v) is 1.26. The molecular weight excluding hydrogens is 184 g/mol. The molecule has 5 heteroatoms. The molecule has 0 spiro atoms. The van der Waals surface area contributed by atoms with E-state index in [4.69, 9.17) is 9.84 Å². The van der Waals surface area contributed by atoms with Gasteiger partial charge in [-0.3, -0.25) is 0 Å². The van der Waals surface area contributed by atoms with Gasteiger partial charge in [-0.2, -0.15) is 0 Å². The molecule has 0 aromatic carbocycles. The van der Waals surface area contributed by atoms with Crippen LogP contribution in [0.15, 0.2) is 12.5 Å². The van der Waals surface area contributed by atoms with Gasteiger partial charge in [0.1, 0.15) is 0 Å². The van der Waals surface area contributed by atoms with E-state index in [0.717, 1.165) is 12.2 Å². The molecule has 14 heavy (non-hydrogen) atoms. The molecule has 0 aliphatic carbocycles. The Morgan fingerprint density at radius 2 is 2.50 bits per heavy atom. The molecule has 0 aliphatic heterocycles. The van der Waals surface area contributed by atoms with E-state index in [1.807, 2.05) is 11.5 Å². The van der Waals surface area contributed by atoms with Gasteiger partial charge >= 0.3 is 5.97 Å². The van der Waals surface area contributed by atoms with Crippen LogP contribution in [0.5, 0.6) is 0 Å². The summed E-state index contributed by atoms with van der Waals surface area (Å²) in [6.07, 6.45) is 2.90. The van der Waals surface area contributed by atoms with Crippen LogP contribution in [-0.4, -0.2) is 33.8 Å². The Hall–Kier alpha value is -1.36. The van der Waals surface area contributed by atoms with Gasteiger partial charge in [-0.05, 0) is 6.92 Å². The lowest BCUT2D eigenvalue weighted by Crippen LogP contribution is -2.25. The molecule has 1 heterocycles. The molecule has 1 unspecified atom stereocenters. The molecule has 1 atom stereocenters. The van der Waals surface area contributed by atoms with Crippen LogP contribution < -0.4 is 0 Å². The number of imidazole rings is 1. The SMILES string of the molecule is CCn1cncc1CC(OC)C(=O)O. The number of carboxylic acids is 1. The average Bonchev–Trinajstić information content (AvgIpc) is 2.60. The Kier molecular flexibility index (Phi) is 3.64. The number of methoxy groups -OCH3 is 1. The second-order valence-electron chi connectivity index (χ2n) is 2.94. The van der Waals surface area contributed by atoms with Crippen molar-refractivity contribution >= 4 is 5.97 Å². The lowest BCUT2D eigenvalue weighted by Gasteiger charge is -2.11. The number of hydrogen-bond donors (Lipinski definition) is 1. The summed E-state index contributed by atoms with van der Waals surface area (Å²) in [4.78, 5) is 14.7. The topological polar surface area (TPSA) is 64.4 Å². The fraction of sp³-hybridized carbons (Fsp3) is 0.556. The molecule has 1 N–H and O–H groups in total. The predicted molar refractivity (Wildman–Crippen MR) is 50.0 cm³/mol. The molecular formula is C9H14N2O3. The van der Waals surface area contributed by atoms with Crippen molar-refractivity contribution in [1.29, 1.82) is 0 Å². The number of carboxylic acid groups (broad SMARTS) is 1. The summed E-state index contributed by atoms with van der Waals surface area (Å²) in [6.45, 7) is 2.76. The maximum absolute atomic E-state index is 10.7. The van der Waals surface area contributed by atoms with Crippen molar-refractivity contribution < 1.29 is 14.6 Å². The molecule has 78 valence electrons. The van der Waals surface area contributed by atoms with Crippen molar-refractivity contribution in [3.63, 3.8) is 0 Å². The van der Waals surface area contributed by atoms with E-state index in [2.05, 4.69) is 4.98 Å². The summed E-state index contributed by atoms with van der Waals surface area (Å²) in [5.74, 6) is -0.948. The monoisotopic (exact) mass is 198 g/mol. The standard InChI is InChI=1S/C9H14N2O3/c1-3-11-6-10-5-7(11)4-8(14-2)9(12)13/h5-6,8H,3-4H2,1-2H3,(H,12,13). The van der Waals surface area contributed by atoms with Gasteiger partial charge in [-0.1, -0.05) is 0 Å². The van der Waals surface area contributed by atoms with Crippen molar-refractivity contribution in [1.82, 2.24) is 9.55 Å². The highest BCUT2D eigenvalue weighted by Crippen LogP contribution is 2.05. The van der Waals surface area contributed by atoms with Gasteiger partial charge in [0, 0.05) is 32.0 Å². The van der Waals surface area contributed by atoms with Crippen LogP contribution in [0.3, 0.4) is 0 Å². The molecule has 1 aromatic heterocycles. The fourth-order valence-electron chi connectivity index (χ4n) is 1.26. The number of rotatable bonds is 5. The van der Waals surface area contributed by atoms with Gasteiger partial charge in [-0.25, -0.2) is 9.78 Å². The first-order chi connectivity index (χ1) is 6.69. The molecule has 0 radical (unpaired) electrons. The largest absolute Gasteiger partial charge is 0.479 e. The molecule has 1 rings (SSSR count). The predicted octanol–water partition coefficient (Wildman–Crippen LogP) is 0.545. The minimum Gasteiger partial charge on any atom is -0.479 e. The zero-order valence-electron chi connectivity index (χ0n) is 8.30. The minimum absolute atomic E-state index is 0.347. The number of nitrogens with zero attached hydrogens (tertiary/aromatic N) is 2. The van der Waals surface area contributed by atoms with E-state index in [1.165, 1.54) is 7.11 Å². The Labute approximate surface area is 82.3 Å². The highest BCUT2D eigenvalue weighted by Gasteiger charge is 2.18. The maximum Gasteiger partial charge on any atom is 0.333 e. The number of ether oxygens (including phenoxy) is 1. The second kappa shape index (κ2) is 4.76. The Morgan fingerprint density at radius 3 is 3.00 bits per heavy atom. The zero-order chi connectivity index (χ0) is 10.6. The highest BCUT2D eigenvalue weighted by atomic mass is 16.5. The van der Waals surface area contributed by atoms with Crippen LogP contribution in [-0.2, 0) is 22.5 Å². The Balaban J connectivity index is 2.71. The van der Waals surface area contributed by atoms with Crippen LogP contribution in [0.25, 0.3) is 0 Å². The Morgan fingerprint density at radius 1 is 1.79 bits per heavy atom. The zero-order valence-corrected chi connectivity index (χ0v) is 8.30. The number of aromatic nitrogens is 2. The van der Waals surface area contributed by atoms with Crippen molar-refractivity contribution in [2.75, 3.05) is 7.11 Å². The third kappa shape index (κ3) is 2.32. The lowest BCUT2D eigenvalue weighted by atomic mass is 10.2. The van der Waals surface area contributed by atoms with E-state index >= 15 is 0 Å². The first-order valence-corrected chi connectivity index (χ1v) is 4.43. The van der Waals surface area contributed by atoms with Crippen LogP contribution in [0.4, 0.5) is 0 Å². The van der Waals surface area contributed by atoms with E-state index in [0.29, 0.717) is 6.42 Å². The molecule has 0 fully saturated rings. The lowest BCUT2D eigenvalue weighted by molar-refractivity contribution is -0.148. The van der Waals surface area contributed by atoms with Gasteiger partial charge in [0.25, 0.3) is 0 Å². The number of aliphatic carboxylic acids is 1. The van der Waals surface area contributed by atoms with Gasteiger partial charge in [0.05, 0.1) is 6.33 Å². The van der Waals surface area contributed by atoms with Gasteiger partial charge in [0.15, 0.2) is 6.10 Å². The summed E-state index contributed by atoms with van der Waals surface area (Å²) in [7, 11) is 1.39. The molecule has 5 nitrogen and oxygen atoms in total. The quantitative estimate of drug-likeness (QED) is 0.750. The van der Waals surface area contributed by atoms with Crippen molar-refractivity contribution in [2.45, 2.75) is 26.0 Å². The first-order valence-electron chi connectivity index (χ1n) is 4.43. The summed E-state index contributed by atoms with van der Waals surface area (Å²) >= 11 is 0. The van der Waals surface area contributed by atoms with Gasteiger partial charge < -0.3 is 14.4 Å². The summed E-state index contributed by atoms with van der Waals surface area (Å²) in [5, 5.41) is 8.78. The smallest absolute Gasteiger partial charge is 0.333 e. The Bertz CT molecular complexity index is 309. The van der Waals surface area contributed by atoms with E-state index in [1.54, 1.807) is 12.5 Å². The van der Waals surface area contributed by atoms with Crippen LogP contribution in [0.1, 0.15) is 12.6 Å². The molecule has 1 aromatic rings. The third-order valence-corrected chi connectivity index (χ3v) is 2.09. The van der Waals surface area contributed by atoms with Crippen LogP contribution in [0, 0.1) is 0 Å². The van der Waals surface area contributed by atoms with Crippen molar-refractivity contribution in [3.8, 4) is 0 Å². The number of carbonyl (C=O) groups is 1. The second-order valence-corrected chi connectivity index (χ2v) is 2.94. The third-order valence-electron chi connectivity index (χ3n) is 2.09. The van der Waals surface area contributed by atoms with Crippen molar-refractivity contribution in [2.24, 2.45) is 0 Å². The number of hydrogen-bond acceptors (Lipinski definition) is 3. The summed E-state index contributed by atoms with van der Waals surface area (Å²) in [5.41, 5.74) is 0.877. The summed E-state index contributed by atoms with van der Waals surface area (Å²) in [6, 6.07) is 0. The maximum atomic E-state index is 10.7. The minimum atomic E-state index is -0.948. The van der Waals surface area contributed by atoms with Gasteiger partial charge in [-0.15, -0.1) is 0 Å².